The summed E-state index contributed by atoms with van der Waals surface area (Å²) >= 11 is 1.84. The van der Waals surface area contributed by atoms with Crippen LogP contribution in [0.5, 0.6) is 0 Å². The van der Waals surface area contributed by atoms with E-state index in [0.29, 0.717) is 0 Å². The van der Waals surface area contributed by atoms with E-state index in [4.69, 9.17) is 19.9 Å². The van der Waals surface area contributed by atoms with Gasteiger partial charge >= 0.3 is 0 Å². The Bertz CT molecular complexity index is 3630. The second kappa shape index (κ2) is 13.3. The quantitative estimate of drug-likeness (QED) is 0.167. The first-order valence-corrected chi connectivity index (χ1v) is 21.3. The zero-order valence-corrected chi connectivity index (χ0v) is 33.5. The summed E-state index contributed by atoms with van der Waals surface area (Å²) in [5, 5.41) is 11.8. The van der Waals surface area contributed by atoms with E-state index in [1.807, 2.05) is 23.7 Å². The van der Waals surface area contributed by atoms with Gasteiger partial charge < -0.3 is 0 Å². The fourth-order valence-electron chi connectivity index (χ4n) is 9.38. The van der Waals surface area contributed by atoms with Gasteiger partial charge in [0.1, 0.15) is 0 Å². The third kappa shape index (κ3) is 5.38. The van der Waals surface area contributed by atoms with E-state index in [9.17, 15) is 0 Å². The summed E-state index contributed by atoms with van der Waals surface area (Å²) in [7, 11) is 0. The summed E-state index contributed by atoms with van der Waals surface area (Å²) in [4.78, 5) is 20.6. The molecule has 0 radical (unpaired) electrons. The molecule has 0 aliphatic rings. The van der Waals surface area contributed by atoms with Crippen molar-refractivity contribution in [2.45, 2.75) is 0 Å². The Morgan fingerprint density at radius 1 is 0.262 bits per heavy atom. The van der Waals surface area contributed by atoms with Crippen molar-refractivity contribution >= 4 is 96.7 Å². The maximum absolute atomic E-state index is 5.27. The van der Waals surface area contributed by atoms with Gasteiger partial charge in [-0.2, -0.15) is 0 Å². The van der Waals surface area contributed by atoms with Crippen molar-refractivity contribution in [1.82, 2.24) is 19.9 Å². The standard InChI is InChI=1S/C56H32N4S/c1-5-19-43-39(15-1)41-17-3-7-21-45(41)55-53(43)57-31-49(59-55)37-13-9-11-33(27-37)35-23-25-51-47(29-35)48-30-36(24-26-52(48)61-51)34-12-10-14-38(28-34)50-32-58-54-44-20-6-2-16-40(44)42-18-4-8-22-46(42)56(54)60-50/h1-32H. The molecule has 0 spiro atoms. The first-order valence-electron chi connectivity index (χ1n) is 20.5. The molecule has 0 saturated heterocycles. The van der Waals surface area contributed by atoms with Crippen molar-refractivity contribution in [2.75, 3.05) is 0 Å². The molecule has 4 nitrogen and oxygen atoms in total. The lowest BCUT2D eigenvalue weighted by Crippen LogP contribution is -1.92. The molecule has 3 heterocycles. The van der Waals surface area contributed by atoms with Gasteiger partial charge in [-0.15, -0.1) is 11.3 Å². The molecule has 0 unspecified atom stereocenters. The van der Waals surface area contributed by atoms with Crippen LogP contribution in [0.25, 0.3) is 130 Å². The van der Waals surface area contributed by atoms with Crippen molar-refractivity contribution in [2.24, 2.45) is 0 Å². The average Bonchev–Trinajstić information content (AvgIpc) is 3.71. The Morgan fingerprint density at radius 2 is 0.607 bits per heavy atom. The fraction of sp³-hybridized carbons (Fsp3) is 0. The van der Waals surface area contributed by atoms with Crippen LogP contribution >= 0.6 is 11.3 Å². The third-order valence-corrected chi connectivity index (χ3v) is 13.5. The summed E-state index contributed by atoms with van der Waals surface area (Å²) in [6.45, 7) is 0. The van der Waals surface area contributed by atoms with Crippen LogP contribution in [-0.4, -0.2) is 19.9 Å². The SMILES string of the molecule is c1cc(-c2ccc3sc4ccc(-c5cccc(-c6cnc7c8ccccc8c8ccccc8c7n6)c5)cc4c3c2)cc(-c2cnc3c4ccccc4c4ccccc4c3n2)c1. The maximum atomic E-state index is 5.27. The zero-order chi connectivity index (χ0) is 40.0. The minimum absolute atomic E-state index is 0.861. The van der Waals surface area contributed by atoms with E-state index in [1.165, 1.54) is 52.8 Å². The number of benzene rings is 10. The highest BCUT2D eigenvalue weighted by atomic mass is 32.1. The normalized spacial score (nSPS) is 11.9. The number of fused-ring (bicyclic) bond motifs is 15. The predicted molar refractivity (Wildman–Crippen MR) is 257 cm³/mol. The first kappa shape index (κ1) is 34.0. The highest BCUT2D eigenvalue weighted by molar-refractivity contribution is 7.25. The molecule has 0 aliphatic heterocycles. The van der Waals surface area contributed by atoms with E-state index in [2.05, 4.69) is 182 Å². The Kier molecular flexibility index (Phi) is 7.44. The van der Waals surface area contributed by atoms with Gasteiger partial charge in [-0.25, -0.2) is 9.97 Å². The zero-order valence-electron chi connectivity index (χ0n) is 32.7. The Balaban J connectivity index is 0.877. The molecule has 0 amide bonds. The van der Waals surface area contributed by atoms with E-state index in [0.717, 1.165) is 77.3 Å². The minimum Gasteiger partial charge on any atom is -0.252 e. The molecule has 13 aromatic rings. The first-order chi connectivity index (χ1) is 30.2. The largest absolute Gasteiger partial charge is 0.252 e. The van der Waals surface area contributed by atoms with E-state index in [-0.39, 0.29) is 0 Å². The molecule has 13 rings (SSSR count). The second-order valence-corrected chi connectivity index (χ2v) is 16.9. The molecule has 0 N–H and O–H groups in total. The molecule has 5 heteroatoms. The lowest BCUT2D eigenvalue weighted by atomic mass is 9.97. The van der Waals surface area contributed by atoms with Crippen molar-refractivity contribution in [3.63, 3.8) is 0 Å². The van der Waals surface area contributed by atoms with Crippen LogP contribution in [0.4, 0.5) is 0 Å². The lowest BCUT2D eigenvalue weighted by molar-refractivity contribution is 1.31. The minimum atomic E-state index is 0.861. The number of hydrogen-bond donors (Lipinski definition) is 0. The molecule has 0 fully saturated rings. The number of nitrogens with zero attached hydrogens (tertiary/aromatic N) is 4. The van der Waals surface area contributed by atoms with Crippen LogP contribution in [0, 0.1) is 0 Å². The molecule has 282 valence electrons. The molecule has 0 atom stereocenters. The second-order valence-electron chi connectivity index (χ2n) is 15.8. The number of hydrogen-bond acceptors (Lipinski definition) is 5. The predicted octanol–water partition coefficient (Wildman–Crippen LogP) is 15.2. The van der Waals surface area contributed by atoms with Crippen LogP contribution in [0.1, 0.15) is 0 Å². The molecular formula is C56H32N4S. The van der Waals surface area contributed by atoms with Crippen molar-refractivity contribution in [1.29, 1.82) is 0 Å². The molecule has 10 aromatic carbocycles. The van der Waals surface area contributed by atoms with Crippen LogP contribution < -0.4 is 0 Å². The number of aromatic nitrogens is 4. The van der Waals surface area contributed by atoms with Gasteiger partial charge in [-0.1, -0.05) is 146 Å². The summed E-state index contributed by atoms with van der Waals surface area (Å²) in [5.74, 6) is 0. The van der Waals surface area contributed by atoms with Gasteiger partial charge in [0.05, 0.1) is 45.8 Å². The van der Waals surface area contributed by atoms with Gasteiger partial charge in [0.15, 0.2) is 0 Å². The molecule has 0 aliphatic carbocycles. The van der Waals surface area contributed by atoms with Gasteiger partial charge in [-0.3, -0.25) is 9.97 Å². The van der Waals surface area contributed by atoms with Crippen LogP contribution in [0.15, 0.2) is 194 Å². The highest BCUT2D eigenvalue weighted by Crippen LogP contribution is 2.41. The lowest BCUT2D eigenvalue weighted by Gasteiger charge is -2.11. The Morgan fingerprint density at radius 3 is 1.02 bits per heavy atom. The highest BCUT2D eigenvalue weighted by Gasteiger charge is 2.16. The smallest absolute Gasteiger partial charge is 0.0979 e. The van der Waals surface area contributed by atoms with Crippen LogP contribution in [0.2, 0.25) is 0 Å². The average molecular weight is 793 g/mol. The number of thiophene rings is 1. The summed E-state index contributed by atoms with van der Waals surface area (Å²) in [6, 6.07) is 65.1. The Hall–Kier alpha value is -7.86. The van der Waals surface area contributed by atoms with Crippen molar-refractivity contribution in [3.8, 4) is 44.8 Å². The topological polar surface area (TPSA) is 51.6 Å². The molecule has 0 bridgehead atoms. The summed E-state index contributed by atoms with van der Waals surface area (Å²) in [6.07, 6.45) is 3.84. The molecule has 3 aromatic heterocycles. The van der Waals surface area contributed by atoms with E-state index >= 15 is 0 Å². The monoisotopic (exact) mass is 792 g/mol. The summed E-state index contributed by atoms with van der Waals surface area (Å²) in [5.41, 5.74) is 12.1. The van der Waals surface area contributed by atoms with Gasteiger partial charge in [-0.05, 0) is 80.2 Å². The van der Waals surface area contributed by atoms with Crippen LogP contribution in [-0.2, 0) is 0 Å². The maximum Gasteiger partial charge on any atom is 0.0979 e. The van der Waals surface area contributed by atoms with E-state index < -0.39 is 0 Å². The fourth-order valence-corrected chi connectivity index (χ4v) is 10.4. The summed E-state index contributed by atoms with van der Waals surface area (Å²) < 4.78 is 2.54. The van der Waals surface area contributed by atoms with Crippen molar-refractivity contribution in [3.05, 3.63) is 194 Å². The van der Waals surface area contributed by atoms with Gasteiger partial charge in [0.2, 0.25) is 0 Å². The molecule has 61 heavy (non-hydrogen) atoms. The Labute approximate surface area is 354 Å². The number of rotatable bonds is 4. The third-order valence-electron chi connectivity index (χ3n) is 12.3. The van der Waals surface area contributed by atoms with Gasteiger partial charge in [0.25, 0.3) is 0 Å². The molecular weight excluding hydrogens is 761 g/mol. The van der Waals surface area contributed by atoms with Crippen LogP contribution in [0.3, 0.4) is 0 Å². The van der Waals surface area contributed by atoms with Gasteiger partial charge in [0, 0.05) is 52.8 Å². The van der Waals surface area contributed by atoms with Crippen molar-refractivity contribution < 1.29 is 0 Å². The van der Waals surface area contributed by atoms with E-state index in [1.54, 1.807) is 0 Å². The molecule has 0 saturated carbocycles.